The van der Waals surface area contributed by atoms with E-state index in [2.05, 4.69) is 12.2 Å². The molecule has 1 N–H and O–H groups in total. The van der Waals surface area contributed by atoms with Crippen LogP contribution in [0.5, 0.6) is 0 Å². The summed E-state index contributed by atoms with van der Waals surface area (Å²) in [6.45, 7) is 3.14. The molecule has 166 valence electrons. The third-order valence-corrected chi connectivity index (χ3v) is 6.33. The molecule has 0 saturated carbocycles. The number of rotatable bonds is 7. The molecule has 0 bridgehead atoms. The van der Waals surface area contributed by atoms with Crippen molar-refractivity contribution in [2.24, 2.45) is 0 Å². The molecule has 1 heterocycles. The fourth-order valence-corrected chi connectivity index (χ4v) is 4.25. The van der Waals surface area contributed by atoms with Crippen molar-refractivity contribution in [1.29, 1.82) is 0 Å². The van der Waals surface area contributed by atoms with Crippen LogP contribution >= 0.6 is 23.2 Å². The van der Waals surface area contributed by atoms with Gasteiger partial charge in [-0.25, -0.2) is 4.79 Å². The van der Waals surface area contributed by atoms with Crippen LogP contribution in [0.3, 0.4) is 0 Å². The van der Waals surface area contributed by atoms with Gasteiger partial charge in [-0.2, -0.15) is 0 Å². The van der Waals surface area contributed by atoms with E-state index in [0.29, 0.717) is 23.1 Å². The van der Waals surface area contributed by atoms with Crippen LogP contribution in [0.4, 0.5) is 4.79 Å². The van der Waals surface area contributed by atoms with Gasteiger partial charge in [-0.15, -0.1) is 0 Å². The average molecular weight is 469 g/mol. The first-order chi connectivity index (χ1) is 15.5. The number of ether oxygens (including phenoxy) is 1. The third kappa shape index (κ3) is 5.26. The van der Waals surface area contributed by atoms with E-state index in [1.54, 1.807) is 4.90 Å². The lowest BCUT2D eigenvalue weighted by atomic mass is 10.0. The highest BCUT2D eigenvalue weighted by Crippen LogP contribution is 2.34. The number of likely N-dealkylation sites (tertiary alicyclic amines) is 1. The summed E-state index contributed by atoms with van der Waals surface area (Å²) in [5, 5.41) is 4.45. The van der Waals surface area contributed by atoms with E-state index in [9.17, 15) is 4.79 Å². The molecule has 3 aromatic rings. The van der Waals surface area contributed by atoms with Crippen molar-refractivity contribution in [1.82, 2.24) is 10.2 Å². The number of amides is 2. The van der Waals surface area contributed by atoms with Crippen LogP contribution in [0.2, 0.25) is 10.0 Å². The van der Waals surface area contributed by atoms with Gasteiger partial charge in [-0.1, -0.05) is 90.8 Å². The van der Waals surface area contributed by atoms with E-state index in [1.807, 2.05) is 78.9 Å². The third-order valence-electron chi connectivity index (χ3n) is 5.73. The Labute approximate surface area is 199 Å². The van der Waals surface area contributed by atoms with E-state index in [0.717, 1.165) is 23.1 Å². The first-order valence-electron chi connectivity index (χ1n) is 10.8. The molecule has 4 nitrogen and oxygen atoms in total. The highest BCUT2D eigenvalue weighted by Gasteiger charge is 2.35. The van der Waals surface area contributed by atoms with Crippen LogP contribution in [0, 0.1) is 0 Å². The Hall–Kier alpha value is -2.53. The summed E-state index contributed by atoms with van der Waals surface area (Å²) in [5.74, 6) is 0. The molecule has 2 unspecified atom stereocenters. The van der Waals surface area contributed by atoms with Gasteiger partial charge in [0.25, 0.3) is 0 Å². The zero-order valence-corrected chi connectivity index (χ0v) is 19.4. The fourth-order valence-electron chi connectivity index (χ4n) is 3.89. The van der Waals surface area contributed by atoms with Crippen molar-refractivity contribution in [3.8, 4) is 0 Å². The first-order valence-corrected chi connectivity index (χ1v) is 11.6. The molecule has 32 heavy (non-hydrogen) atoms. The summed E-state index contributed by atoms with van der Waals surface area (Å²) in [4.78, 5) is 14.5. The molecule has 1 fully saturated rings. The number of urea groups is 1. The summed E-state index contributed by atoms with van der Waals surface area (Å²) < 4.78 is 6.43. The molecular formula is C26H26Cl2N2O2. The van der Waals surface area contributed by atoms with Crippen molar-refractivity contribution in [3.05, 3.63) is 106 Å². The molecular weight excluding hydrogens is 443 g/mol. The molecule has 2 atom stereocenters. The van der Waals surface area contributed by atoms with Crippen molar-refractivity contribution in [3.63, 3.8) is 0 Å². The molecule has 6 heteroatoms. The summed E-state index contributed by atoms with van der Waals surface area (Å²) >= 11 is 12.5. The molecule has 3 aromatic carbocycles. The fraction of sp³-hybridized carbons (Fsp3) is 0.269. The number of hydrogen-bond acceptors (Lipinski definition) is 2. The zero-order valence-electron chi connectivity index (χ0n) is 17.9. The highest BCUT2D eigenvalue weighted by molar-refractivity contribution is 6.31. The van der Waals surface area contributed by atoms with Gasteiger partial charge < -0.3 is 15.0 Å². The number of hydrogen-bond donors (Lipinski definition) is 1. The van der Waals surface area contributed by atoms with Gasteiger partial charge in [0.1, 0.15) is 6.10 Å². The molecule has 1 aliphatic heterocycles. The van der Waals surface area contributed by atoms with Crippen LogP contribution in [-0.4, -0.2) is 30.1 Å². The van der Waals surface area contributed by atoms with Gasteiger partial charge in [-0.3, -0.25) is 0 Å². The monoisotopic (exact) mass is 468 g/mol. The van der Waals surface area contributed by atoms with Gasteiger partial charge in [0.15, 0.2) is 0 Å². The number of halogens is 2. The van der Waals surface area contributed by atoms with Crippen molar-refractivity contribution in [2.75, 3.05) is 13.1 Å². The van der Waals surface area contributed by atoms with E-state index in [-0.39, 0.29) is 24.3 Å². The van der Waals surface area contributed by atoms with E-state index in [1.165, 1.54) is 0 Å². The van der Waals surface area contributed by atoms with Gasteiger partial charge >= 0.3 is 6.03 Å². The lowest BCUT2D eigenvalue weighted by molar-refractivity contribution is -0.0648. The Morgan fingerprint density at radius 2 is 1.62 bits per heavy atom. The van der Waals surface area contributed by atoms with E-state index < -0.39 is 0 Å². The minimum atomic E-state index is -0.330. The Morgan fingerprint density at radius 3 is 2.28 bits per heavy atom. The molecule has 0 spiro atoms. The Morgan fingerprint density at radius 1 is 0.969 bits per heavy atom. The summed E-state index contributed by atoms with van der Waals surface area (Å²) in [5.41, 5.74) is 2.98. The maximum Gasteiger partial charge on any atom is 0.318 e. The number of carbonyl (C=O) groups is 1. The summed E-state index contributed by atoms with van der Waals surface area (Å²) in [6, 6.07) is 25.2. The second kappa shape index (κ2) is 10.4. The van der Waals surface area contributed by atoms with Gasteiger partial charge in [0.05, 0.1) is 25.2 Å². The second-order valence-electron chi connectivity index (χ2n) is 7.94. The number of nitrogens with one attached hydrogen (secondary N) is 1. The number of carbonyl (C=O) groups excluding carboxylic acids is 1. The summed E-state index contributed by atoms with van der Waals surface area (Å²) in [7, 11) is 0. The van der Waals surface area contributed by atoms with Gasteiger partial charge in [0.2, 0.25) is 0 Å². The normalized spacial score (nSPS) is 15.7. The van der Waals surface area contributed by atoms with E-state index in [4.69, 9.17) is 27.9 Å². The van der Waals surface area contributed by atoms with E-state index >= 15 is 0 Å². The van der Waals surface area contributed by atoms with Gasteiger partial charge in [0, 0.05) is 15.6 Å². The SMILES string of the molecule is CCC(NC(=O)N1CC(OC(c2ccc(Cl)cc2)c2ccccc2Cl)C1)c1ccccc1. The molecule has 2 amide bonds. The number of benzene rings is 3. The van der Waals surface area contributed by atoms with Crippen LogP contribution < -0.4 is 5.32 Å². The Balaban J connectivity index is 1.40. The average Bonchev–Trinajstić information content (AvgIpc) is 2.79. The quantitative estimate of drug-likeness (QED) is 0.421. The molecule has 0 radical (unpaired) electrons. The zero-order chi connectivity index (χ0) is 22.5. The standard InChI is InChI=1S/C26H26Cl2N2O2/c1-2-24(18-8-4-3-5-9-18)29-26(31)30-16-21(17-30)32-25(19-12-14-20(27)15-13-19)22-10-6-7-11-23(22)28/h3-15,21,24-25H,2,16-17H2,1H3,(H,29,31). The predicted molar refractivity (Wildman–Crippen MR) is 129 cm³/mol. The first kappa shape index (κ1) is 22.7. The molecule has 0 aromatic heterocycles. The van der Waals surface area contributed by atoms with Crippen molar-refractivity contribution < 1.29 is 9.53 Å². The van der Waals surface area contributed by atoms with Crippen LogP contribution in [0.1, 0.15) is 42.2 Å². The molecule has 1 aliphatic rings. The largest absolute Gasteiger partial charge is 0.362 e. The molecule has 4 rings (SSSR count). The second-order valence-corrected chi connectivity index (χ2v) is 8.78. The smallest absolute Gasteiger partial charge is 0.318 e. The molecule has 0 aliphatic carbocycles. The Bertz CT molecular complexity index is 1040. The van der Waals surface area contributed by atoms with Crippen molar-refractivity contribution in [2.45, 2.75) is 31.6 Å². The van der Waals surface area contributed by atoms with Crippen LogP contribution in [0.25, 0.3) is 0 Å². The maximum atomic E-state index is 12.8. The summed E-state index contributed by atoms with van der Waals surface area (Å²) in [6.07, 6.45) is 0.424. The Kier molecular flexibility index (Phi) is 7.36. The lowest BCUT2D eigenvalue weighted by Gasteiger charge is -2.41. The van der Waals surface area contributed by atoms with Crippen LogP contribution in [0.15, 0.2) is 78.9 Å². The van der Waals surface area contributed by atoms with Crippen LogP contribution in [-0.2, 0) is 4.74 Å². The predicted octanol–water partition coefficient (Wildman–Crippen LogP) is 6.64. The van der Waals surface area contributed by atoms with Crippen molar-refractivity contribution >= 4 is 29.2 Å². The molecule has 1 saturated heterocycles. The minimum Gasteiger partial charge on any atom is -0.362 e. The minimum absolute atomic E-state index is 0.00592. The maximum absolute atomic E-state index is 12.8. The topological polar surface area (TPSA) is 41.6 Å². The highest BCUT2D eigenvalue weighted by atomic mass is 35.5. The number of nitrogens with zero attached hydrogens (tertiary/aromatic N) is 1. The van der Waals surface area contributed by atoms with Gasteiger partial charge in [-0.05, 0) is 35.7 Å². The lowest BCUT2D eigenvalue weighted by Crippen LogP contribution is -2.58.